The lowest BCUT2D eigenvalue weighted by Gasteiger charge is -2.26. The average Bonchev–Trinajstić information content (AvgIpc) is 3.13. The molecule has 1 N–H and O–H groups in total. The molecule has 1 amide bonds. The zero-order chi connectivity index (χ0) is 26.9. The third kappa shape index (κ3) is 4.89. The minimum absolute atomic E-state index is 0.00666. The number of benzene rings is 3. The van der Waals surface area contributed by atoms with Gasteiger partial charge in [-0.25, -0.2) is 0 Å². The van der Waals surface area contributed by atoms with Crippen LogP contribution in [0.4, 0.5) is 5.69 Å². The first-order valence-corrected chi connectivity index (χ1v) is 12.0. The summed E-state index contributed by atoms with van der Waals surface area (Å²) in [6.45, 7) is 7.63. The van der Waals surface area contributed by atoms with Gasteiger partial charge >= 0.3 is 0 Å². The Morgan fingerprint density at radius 3 is 2.08 bits per heavy atom. The van der Waals surface area contributed by atoms with Crippen LogP contribution in [0, 0.1) is 13.8 Å². The van der Waals surface area contributed by atoms with Crippen molar-refractivity contribution < 1.29 is 28.9 Å². The fourth-order valence-corrected chi connectivity index (χ4v) is 4.70. The van der Waals surface area contributed by atoms with Crippen molar-refractivity contribution in [2.45, 2.75) is 39.8 Å². The first-order valence-electron chi connectivity index (χ1n) is 12.0. The summed E-state index contributed by atoms with van der Waals surface area (Å²) in [5.41, 5.74) is 3.19. The molecule has 3 aromatic rings. The molecule has 1 fully saturated rings. The van der Waals surface area contributed by atoms with Crippen molar-refractivity contribution in [1.82, 2.24) is 0 Å². The predicted molar refractivity (Wildman–Crippen MR) is 142 cm³/mol. The minimum atomic E-state index is -0.869. The second kappa shape index (κ2) is 10.4. The molecule has 0 aliphatic carbocycles. The van der Waals surface area contributed by atoms with Gasteiger partial charge in [0.25, 0.3) is 11.7 Å². The molecule has 1 heterocycles. The highest BCUT2D eigenvalue weighted by Crippen LogP contribution is 2.44. The molecule has 192 valence electrons. The summed E-state index contributed by atoms with van der Waals surface area (Å²) in [5.74, 6) is -0.0727. The van der Waals surface area contributed by atoms with E-state index in [9.17, 15) is 14.7 Å². The summed E-state index contributed by atoms with van der Waals surface area (Å²) in [7, 11) is 3.06. The Balaban J connectivity index is 1.94. The first kappa shape index (κ1) is 25.8. The van der Waals surface area contributed by atoms with Crippen molar-refractivity contribution >= 4 is 23.1 Å². The smallest absolute Gasteiger partial charge is 0.300 e. The summed E-state index contributed by atoms with van der Waals surface area (Å²) < 4.78 is 16.6. The number of nitrogens with zero attached hydrogens (tertiary/aromatic N) is 1. The Labute approximate surface area is 216 Å². The van der Waals surface area contributed by atoms with Crippen LogP contribution in [0.2, 0.25) is 0 Å². The maximum absolute atomic E-state index is 13.5. The van der Waals surface area contributed by atoms with Crippen LogP contribution in [-0.4, -0.2) is 37.1 Å². The molecule has 7 nitrogen and oxygen atoms in total. The van der Waals surface area contributed by atoms with Gasteiger partial charge in [-0.1, -0.05) is 18.2 Å². The number of carbonyl (C=O) groups excluding carboxylic acids is 2. The highest BCUT2D eigenvalue weighted by Gasteiger charge is 2.47. The molecule has 1 aliphatic heterocycles. The number of carbonyl (C=O) groups is 2. The van der Waals surface area contributed by atoms with Crippen LogP contribution < -0.4 is 19.1 Å². The Bertz CT molecular complexity index is 1360. The molecular formula is C30H31NO6. The van der Waals surface area contributed by atoms with E-state index in [2.05, 4.69) is 0 Å². The van der Waals surface area contributed by atoms with E-state index >= 15 is 0 Å². The number of aryl methyl sites for hydroxylation is 2. The molecule has 0 aromatic heterocycles. The van der Waals surface area contributed by atoms with E-state index in [1.165, 1.54) is 12.0 Å². The molecule has 7 heteroatoms. The van der Waals surface area contributed by atoms with E-state index in [4.69, 9.17) is 14.2 Å². The predicted octanol–water partition coefficient (Wildman–Crippen LogP) is 5.73. The molecule has 1 unspecified atom stereocenters. The number of aliphatic hydroxyl groups excluding tert-OH is 1. The summed E-state index contributed by atoms with van der Waals surface area (Å²) in [6, 6.07) is 16.9. The fourth-order valence-electron chi connectivity index (χ4n) is 4.70. The molecule has 1 atom stereocenters. The number of methoxy groups -OCH3 is 2. The lowest BCUT2D eigenvalue weighted by molar-refractivity contribution is -0.132. The Morgan fingerprint density at radius 1 is 0.892 bits per heavy atom. The van der Waals surface area contributed by atoms with Gasteiger partial charge in [-0.2, -0.15) is 0 Å². The molecule has 4 rings (SSSR count). The van der Waals surface area contributed by atoms with E-state index < -0.39 is 17.7 Å². The minimum Gasteiger partial charge on any atom is -0.507 e. The maximum atomic E-state index is 13.5. The van der Waals surface area contributed by atoms with Gasteiger partial charge in [-0.15, -0.1) is 0 Å². The molecule has 3 aromatic carbocycles. The Morgan fingerprint density at radius 2 is 1.51 bits per heavy atom. The van der Waals surface area contributed by atoms with Crippen LogP contribution in [0.3, 0.4) is 0 Å². The molecule has 0 saturated carbocycles. The normalized spacial score (nSPS) is 16.8. The highest BCUT2D eigenvalue weighted by atomic mass is 16.5. The molecule has 0 spiro atoms. The van der Waals surface area contributed by atoms with Gasteiger partial charge in [0.15, 0.2) is 0 Å². The largest absolute Gasteiger partial charge is 0.507 e. The van der Waals surface area contributed by atoms with Gasteiger partial charge < -0.3 is 19.3 Å². The highest BCUT2D eigenvalue weighted by molar-refractivity contribution is 6.51. The number of hydrogen-bond acceptors (Lipinski definition) is 6. The third-order valence-electron chi connectivity index (χ3n) is 6.24. The van der Waals surface area contributed by atoms with E-state index in [0.717, 1.165) is 11.1 Å². The zero-order valence-electron chi connectivity index (χ0n) is 21.9. The van der Waals surface area contributed by atoms with E-state index in [1.54, 1.807) is 61.7 Å². The summed E-state index contributed by atoms with van der Waals surface area (Å²) in [5, 5.41) is 11.6. The van der Waals surface area contributed by atoms with Crippen LogP contribution >= 0.6 is 0 Å². The second-order valence-corrected chi connectivity index (χ2v) is 9.27. The van der Waals surface area contributed by atoms with Crippen LogP contribution in [0.15, 0.2) is 66.2 Å². The van der Waals surface area contributed by atoms with Gasteiger partial charge in [-0.05, 0) is 86.8 Å². The van der Waals surface area contributed by atoms with Crippen molar-refractivity contribution in [3.63, 3.8) is 0 Å². The molecule has 1 aliphatic rings. The fraction of sp³-hybridized carbons (Fsp3) is 0.267. The number of ketones is 1. The SMILES string of the molecule is COc1ccc(N2C(=O)C(=O)/C(=C(/O)c3cc(C)cc(C)c3OC)C2c2ccc(OC(C)C)cc2)cc1. The number of ether oxygens (including phenoxy) is 3. The van der Waals surface area contributed by atoms with Crippen molar-refractivity contribution in [2.24, 2.45) is 0 Å². The Kier molecular flexibility index (Phi) is 7.25. The third-order valence-corrected chi connectivity index (χ3v) is 6.24. The van der Waals surface area contributed by atoms with E-state index in [0.29, 0.717) is 34.1 Å². The monoisotopic (exact) mass is 501 g/mol. The quantitative estimate of drug-likeness (QED) is 0.253. The number of hydrogen-bond donors (Lipinski definition) is 1. The summed E-state index contributed by atoms with van der Waals surface area (Å²) >= 11 is 0. The number of aliphatic hydroxyl groups is 1. The van der Waals surface area contributed by atoms with Crippen molar-refractivity contribution in [3.8, 4) is 17.2 Å². The van der Waals surface area contributed by atoms with E-state index in [1.807, 2.05) is 33.8 Å². The van der Waals surface area contributed by atoms with Crippen LogP contribution in [-0.2, 0) is 9.59 Å². The van der Waals surface area contributed by atoms with Gasteiger partial charge in [0.1, 0.15) is 23.0 Å². The van der Waals surface area contributed by atoms with Crippen molar-refractivity contribution in [2.75, 3.05) is 19.1 Å². The number of amides is 1. The molecule has 37 heavy (non-hydrogen) atoms. The van der Waals surface area contributed by atoms with Gasteiger partial charge in [0.05, 0.1) is 37.5 Å². The number of Topliss-reactive ketones (excluding diaryl/α,β-unsaturated/α-hetero) is 1. The second-order valence-electron chi connectivity index (χ2n) is 9.27. The summed E-state index contributed by atoms with van der Waals surface area (Å²) in [4.78, 5) is 28.3. The van der Waals surface area contributed by atoms with Gasteiger partial charge in [0, 0.05) is 5.69 Å². The van der Waals surface area contributed by atoms with Crippen LogP contribution in [0.25, 0.3) is 5.76 Å². The summed E-state index contributed by atoms with van der Waals surface area (Å²) in [6.07, 6.45) is -0.00666. The van der Waals surface area contributed by atoms with Crippen LogP contribution in [0.1, 0.15) is 42.1 Å². The topological polar surface area (TPSA) is 85.3 Å². The van der Waals surface area contributed by atoms with Crippen molar-refractivity contribution in [1.29, 1.82) is 0 Å². The number of rotatable bonds is 7. The van der Waals surface area contributed by atoms with Crippen LogP contribution in [0.5, 0.6) is 17.2 Å². The molecular weight excluding hydrogens is 470 g/mol. The zero-order valence-corrected chi connectivity index (χ0v) is 21.9. The van der Waals surface area contributed by atoms with Gasteiger partial charge in [-0.3, -0.25) is 14.5 Å². The lowest BCUT2D eigenvalue weighted by Crippen LogP contribution is -2.29. The number of anilines is 1. The lowest BCUT2D eigenvalue weighted by atomic mass is 9.93. The molecule has 0 radical (unpaired) electrons. The van der Waals surface area contributed by atoms with E-state index in [-0.39, 0.29) is 17.4 Å². The first-order chi connectivity index (χ1) is 17.7. The maximum Gasteiger partial charge on any atom is 0.300 e. The van der Waals surface area contributed by atoms with Gasteiger partial charge in [0.2, 0.25) is 0 Å². The van der Waals surface area contributed by atoms with Crippen molar-refractivity contribution in [3.05, 3.63) is 88.5 Å². The Hall–Kier alpha value is -4.26. The molecule has 1 saturated heterocycles. The average molecular weight is 502 g/mol. The standard InChI is InChI=1S/C30H31NO6/c1-17(2)37-23-11-7-20(8-12-23)26-25(27(32)24-16-18(3)15-19(4)29(24)36-6)28(33)30(34)31(26)21-9-13-22(35-5)14-10-21/h7-17,26,32H,1-6H3/b27-25+. The molecule has 0 bridgehead atoms.